The standard InChI is InChI=1S/C18H28N2O/c1-4-17-12-21-14(3)11-20(17)18-8-5-13(2)9-15(18)10-19-16-6-7-16/h5,8-9,14,16-17,19H,4,6-7,10-12H2,1-3H3. The van der Waals surface area contributed by atoms with Crippen LogP contribution in [0.4, 0.5) is 5.69 Å². The summed E-state index contributed by atoms with van der Waals surface area (Å²) in [7, 11) is 0. The van der Waals surface area contributed by atoms with Crippen LogP contribution >= 0.6 is 0 Å². The predicted molar refractivity (Wildman–Crippen MR) is 87.9 cm³/mol. The van der Waals surface area contributed by atoms with Crippen molar-refractivity contribution >= 4 is 5.69 Å². The van der Waals surface area contributed by atoms with Crippen molar-refractivity contribution < 1.29 is 4.74 Å². The predicted octanol–water partition coefficient (Wildman–Crippen LogP) is 3.25. The van der Waals surface area contributed by atoms with Crippen LogP contribution in [0.3, 0.4) is 0 Å². The maximum atomic E-state index is 5.85. The SMILES string of the molecule is CCC1COC(C)CN1c1ccc(C)cc1CNC1CC1. The first-order valence-corrected chi connectivity index (χ1v) is 8.38. The lowest BCUT2D eigenvalue weighted by Gasteiger charge is -2.41. The van der Waals surface area contributed by atoms with Crippen LogP contribution in [0, 0.1) is 6.92 Å². The van der Waals surface area contributed by atoms with Crippen LogP contribution in [0.15, 0.2) is 18.2 Å². The molecule has 3 heteroatoms. The van der Waals surface area contributed by atoms with Crippen LogP contribution in [0.5, 0.6) is 0 Å². The van der Waals surface area contributed by atoms with E-state index in [1.807, 2.05) is 0 Å². The van der Waals surface area contributed by atoms with Crippen LogP contribution < -0.4 is 10.2 Å². The van der Waals surface area contributed by atoms with Crippen LogP contribution in [0.25, 0.3) is 0 Å². The molecule has 1 aromatic rings. The zero-order chi connectivity index (χ0) is 14.8. The first-order valence-electron chi connectivity index (χ1n) is 8.38. The number of rotatable bonds is 5. The third kappa shape index (κ3) is 3.58. The fourth-order valence-electron chi connectivity index (χ4n) is 3.16. The van der Waals surface area contributed by atoms with Crippen molar-refractivity contribution in [3.8, 4) is 0 Å². The Bertz CT molecular complexity index is 484. The Hall–Kier alpha value is -1.06. The molecular weight excluding hydrogens is 260 g/mol. The summed E-state index contributed by atoms with van der Waals surface area (Å²) >= 11 is 0. The Kier molecular flexibility index (Phi) is 4.51. The van der Waals surface area contributed by atoms with Crippen LogP contribution in [0.1, 0.15) is 44.2 Å². The maximum absolute atomic E-state index is 5.85. The number of benzene rings is 1. The first kappa shape index (κ1) is 14.9. The highest BCUT2D eigenvalue weighted by atomic mass is 16.5. The molecule has 1 N–H and O–H groups in total. The second kappa shape index (κ2) is 6.37. The number of anilines is 1. The van der Waals surface area contributed by atoms with E-state index in [-0.39, 0.29) is 0 Å². The Morgan fingerprint density at radius 2 is 2.14 bits per heavy atom. The molecule has 0 amide bonds. The van der Waals surface area contributed by atoms with Crippen molar-refractivity contribution in [3.05, 3.63) is 29.3 Å². The number of ether oxygens (including phenoxy) is 1. The molecule has 116 valence electrons. The van der Waals surface area contributed by atoms with Gasteiger partial charge in [-0.25, -0.2) is 0 Å². The molecule has 0 spiro atoms. The number of nitrogens with zero attached hydrogens (tertiary/aromatic N) is 1. The quantitative estimate of drug-likeness (QED) is 0.900. The van der Waals surface area contributed by atoms with E-state index < -0.39 is 0 Å². The van der Waals surface area contributed by atoms with Gasteiger partial charge < -0.3 is 15.0 Å². The van der Waals surface area contributed by atoms with Gasteiger partial charge in [0.2, 0.25) is 0 Å². The van der Waals surface area contributed by atoms with E-state index in [1.165, 1.54) is 29.7 Å². The van der Waals surface area contributed by atoms with Gasteiger partial charge in [0.1, 0.15) is 0 Å². The molecule has 2 atom stereocenters. The molecule has 2 unspecified atom stereocenters. The highest BCUT2D eigenvalue weighted by Gasteiger charge is 2.27. The van der Waals surface area contributed by atoms with Gasteiger partial charge in [-0.05, 0) is 44.7 Å². The lowest BCUT2D eigenvalue weighted by atomic mass is 10.0. The summed E-state index contributed by atoms with van der Waals surface area (Å²) in [6.45, 7) is 9.45. The summed E-state index contributed by atoms with van der Waals surface area (Å²) in [6, 6.07) is 8.15. The molecule has 0 radical (unpaired) electrons. The number of hydrogen-bond donors (Lipinski definition) is 1. The summed E-state index contributed by atoms with van der Waals surface area (Å²) in [5.41, 5.74) is 4.19. The zero-order valence-corrected chi connectivity index (χ0v) is 13.6. The van der Waals surface area contributed by atoms with Crippen molar-refractivity contribution in [1.29, 1.82) is 0 Å². The maximum Gasteiger partial charge on any atom is 0.0723 e. The average Bonchev–Trinajstić information content (AvgIpc) is 3.29. The largest absolute Gasteiger partial charge is 0.375 e. The Morgan fingerprint density at radius 1 is 1.33 bits per heavy atom. The summed E-state index contributed by atoms with van der Waals surface area (Å²) in [5, 5.41) is 3.67. The number of aryl methyl sites for hydroxylation is 1. The second-order valence-corrected chi connectivity index (χ2v) is 6.65. The van der Waals surface area contributed by atoms with Gasteiger partial charge in [0, 0.05) is 24.8 Å². The smallest absolute Gasteiger partial charge is 0.0723 e. The molecule has 0 bridgehead atoms. The molecule has 0 aromatic heterocycles. The van der Waals surface area contributed by atoms with E-state index >= 15 is 0 Å². The fourth-order valence-corrected chi connectivity index (χ4v) is 3.16. The van der Waals surface area contributed by atoms with Crippen LogP contribution in [-0.2, 0) is 11.3 Å². The van der Waals surface area contributed by atoms with Crippen molar-refractivity contribution in [1.82, 2.24) is 5.32 Å². The zero-order valence-electron chi connectivity index (χ0n) is 13.6. The van der Waals surface area contributed by atoms with Crippen LogP contribution in [0.2, 0.25) is 0 Å². The minimum absolute atomic E-state index is 0.318. The van der Waals surface area contributed by atoms with E-state index in [0.29, 0.717) is 12.1 Å². The molecule has 1 aromatic carbocycles. The molecular formula is C18H28N2O. The van der Waals surface area contributed by atoms with Gasteiger partial charge in [0.25, 0.3) is 0 Å². The lowest BCUT2D eigenvalue weighted by Crippen LogP contribution is -2.49. The second-order valence-electron chi connectivity index (χ2n) is 6.65. The van der Waals surface area contributed by atoms with Gasteiger partial charge in [0.15, 0.2) is 0 Å². The Labute approximate surface area is 128 Å². The van der Waals surface area contributed by atoms with Gasteiger partial charge in [-0.15, -0.1) is 0 Å². The minimum atomic E-state index is 0.318. The van der Waals surface area contributed by atoms with Gasteiger partial charge in [-0.1, -0.05) is 24.6 Å². The van der Waals surface area contributed by atoms with Gasteiger partial charge in [-0.3, -0.25) is 0 Å². The number of morpholine rings is 1. The van der Waals surface area contributed by atoms with E-state index in [9.17, 15) is 0 Å². The average molecular weight is 288 g/mol. The van der Waals surface area contributed by atoms with Gasteiger partial charge in [0.05, 0.1) is 18.8 Å². The highest BCUT2D eigenvalue weighted by Crippen LogP contribution is 2.29. The first-order chi connectivity index (χ1) is 10.2. The van der Waals surface area contributed by atoms with E-state index in [4.69, 9.17) is 4.74 Å². The summed E-state index contributed by atoms with van der Waals surface area (Å²) < 4.78 is 5.85. The van der Waals surface area contributed by atoms with Crippen molar-refractivity contribution in [3.63, 3.8) is 0 Å². The summed E-state index contributed by atoms with van der Waals surface area (Å²) in [4.78, 5) is 2.57. The molecule has 21 heavy (non-hydrogen) atoms. The summed E-state index contributed by atoms with van der Waals surface area (Å²) in [6.07, 6.45) is 4.13. The van der Waals surface area contributed by atoms with Crippen molar-refractivity contribution in [2.45, 2.75) is 64.8 Å². The van der Waals surface area contributed by atoms with Crippen molar-refractivity contribution in [2.24, 2.45) is 0 Å². The van der Waals surface area contributed by atoms with Crippen LogP contribution in [-0.4, -0.2) is 31.3 Å². The fraction of sp³-hybridized carbons (Fsp3) is 0.667. The van der Waals surface area contributed by atoms with E-state index in [1.54, 1.807) is 0 Å². The van der Waals surface area contributed by atoms with E-state index in [0.717, 1.165) is 32.2 Å². The lowest BCUT2D eigenvalue weighted by molar-refractivity contribution is 0.0299. The summed E-state index contributed by atoms with van der Waals surface area (Å²) in [5.74, 6) is 0. The monoisotopic (exact) mass is 288 g/mol. The minimum Gasteiger partial charge on any atom is -0.375 e. The molecule has 1 aliphatic heterocycles. The normalized spacial score (nSPS) is 26.1. The molecule has 2 aliphatic rings. The highest BCUT2D eigenvalue weighted by molar-refractivity contribution is 5.56. The molecule has 1 heterocycles. The Morgan fingerprint density at radius 3 is 2.86 bits per heavy atom. The Balaban J connectivity index is 1.83. The molecule has 3 rings (SSSR count). The third-order valence-corrected chi connectivity index (χ3v) is 4.64. The molecule has 3 nitrogen and oxygen atoms in total. The van der Waals surface area contributed by atoms with E-state index in [2.05, 4.69) is 49.2 Å². The molecule has 1 saturated carbocycles. The molecule has 1 aliphatic carbocycles. The topological polar surface area (TPSA) is 24.5 Å². The number of hydrogen-bond acceptors (Lipinski definition) is 3. The van der Waals surface area contributed by atoms with Crippen molar-refractivity contribution in [2.75, 3.05) is 18.1 Å². The third-order valence-electron chi connectivity index (χ3n) is 4.64. The molecule has 2 fully saturated rings. The molecule has 1 saturated heterocycles. The number of nitrogens with one attached hydrogen (secondary N) is 1. The van der Waals surface area contributed by atoms with Gasteiger partial charge >= 0.3 is 0 Å². The van der Waals surface area contributed by atoms with Gasteiger partial charge in [-0.2, -0.15) is 0 Å².